The molecule has 0 aromatic carbocycles. The summed E-state index contributed by atoms with van der Waals surface area (Å²) in [5, 5.41) is 14.1. The lowest BCUT2D eigenvalue weighted by Gasteiger charge is -2.02. The van der Waals surface area contributed by atoms with E-state index in [1.54, 1.807) is 18.4 Å². The summed E-state index contributed by atoms with van der Waals surface area (Å²) in [6, 6.07) is 4.12. The van der Waals surface area contributed by atoms with Crippen LogP contribution >= 0.6 is 22.7 Å². The highest BCUT2D eigenvalue weighted by Gasteiger charge is 2.12. The summed E-state index contributed by atoms with van der Waals surface area (Å²) in [5.41, 5.74) is 0. The molecule has 1 N–H and O–H groups in total. The Morgan fingerprint density at radius 3 is 3.05 bits per heavy atom. The number of anilines is 1. The Labute approximate surface area is 126 Å². The molecule has 2 rings (SSSR count). The number of aromatic nitrogens is 2. The Morgan fingerprint density at radius 2 is 2.35 bits per heavy atom. The van der Waals surface area contributed by atoms with Crippen LogP contribution < -0.4 is 5.32 Å². The number of nitrogens with zero attached hydrogens (tertiary/aromatic N) is 2. The number of carbonyl (C=O) groups is 1. The molecule has 0 spiro atoms. The van der Waals surface area contributed by atoms with Crippen molar-refractivity contribution in [3.05, 3.63) is 27.4 Å². The molecule has 5 nitrogen and oxygen atoms in total. The standard InChI is InChI=1S/C13H17N3O2S2/c1-9(18-2)12-15-16-13(20-12)14-11(17)7-3-5-10-6-4-8-19-10/h4,6,8-9H,3,5,7H2,1-2H3,(H,14,16,17). The highest BCUT2D eigenvalue weighted by molar-refractivity contribution is 7.15. The molecule has 0 aliphatic heterocycles. The van der Waals surface area contributed by atoms with Gasteiger partial charge in [0.15, 0.2) is 0 Å². The molecule has 0 saturated carbocycles. The minimum atomic E-state index is -0.100. The predicted octanol–water partition coefficient (Wildman–Crippen LogP) is 3.27. The lowest BCUT2D eigenvalue weighted by atomic mass is 10.2. The van der Waals surface area contributed by atoms with Crippen molar-refractivity contribution in [3.8, 4) is 0 Å². The van der Waals surface area contributed by atoms with Gasteiger partial charge < -0.3 is 10.1 Å². The van der Waals surface area contributed by atoms with Crippen molar-refractivity contribution in [2.75, 3.05) is 12.4 Å². The van der Waals surface area contributed by atoms with E-state index in [2.05, 4.69) is 27.0 Å². The first-order chi connectivity index (χ1) is 9.69. The summed E-state index contributed by atoms with van der Waals surface area (Å²) in [4.78, 5) is 13.1. The SMILES string of the molecule is COC(C)c1nnc(NC(=O)CCCc2cccs2)s1. The van der Waals surface area contributed by atoms with Crippen LogP contribution in [0.3, 0.4) is 0 Å². The van der Waals surface area contributed by atoms with Gasteiger partial charge in [-0.1, -0.05) is 17.4 Å². The first-order valence-corrected chi connectivity index (χ1v) is 8.07. The fourth-order valence-electron chi connectivity index (χ4n) is 1.61. The average molecular weight is 311 g/mol. The van der Waals surface area contributed by atoms with E-state index in [0.717, 1.165) is 17.8 Å². The number of hydrogen-bond acceptors (Lipinski definition) is 6. The van der Waals surface area contributed by atoms with Crippen LogP contribution in [0.15, 0.2) is 17.5 Å². The molecular weight excluding hydrogens is 294 g/mol. The van der Waals surface area contributed by atoms with Crippen molar-refractivity contribution in [2.24, 2.45) is 0 Å². The Hall–Kier alpha value is -1.31. The molecule has 2 heterocycles. The molecule has 0 bridgehead atoms. The molecule has 1 amide bonds. The zero-order valence-corrected chi connectivity index (χ0v) is 13.1. The molecular formula is C13H17N3O2S2. The monoisotopic (exact) mass is 311 g/mol. The van der Waals surface area contributed by atoms with Crippen LogP contribution in [-0.4, -0.2) is 23.2 Å². The number of methoxy groups -OCH3 is 1. The molecule has 2 aromatic heterocycles. The average Bonchev–Trinajstić information content (AvgIpc) is 3.09. The van der Waals surface area contributed by atoms with E-state index >= 15 is 0 Å². The third kappa shape index (κ3) is 4.36. The van der Waals surface area contributed by atoms with Crippen molar-refractivity contribution >= 4 is 33.7 Å². The number of hydrogen-bond donors (Lipinski definition) is 1. The third-order valence-electron chi connectivity index (χ3n) is 2.80. The second-order valence-corrected chi connectivity index (χ2v) is 6.35. The maximum absolute atomic E-state index is 11.8. The molecule has 1 atom stereocenters. The first kappa shape index (κ1) is 15.1. The molecule has 7 heteroatoms. The number of ether oxygens (including phenoxy) is 1. The van der Waals surface area contributed by atoms with Crippen LogP contribution in [0.2, 0.25) is 0 Å². The van der Waals surface area contributed by atoms with E-state index in [4.69, 9.17) is 4.74 Å². The van der Waals surface area contributed by atoms with E-state index in [-0.39, 0.29) is 12.0 Å². The summed E-state index contributed by atoms with van der Waals surface area (Å²) >= 11 is 3.07. The number of rotatable bonds is 7. The van der Waals surface area contributed by atoms with Gasteiger partial charge in [-0.05, 0) is 31.2 Å². The highest BCUT2D eigenvalue weighted by Crippen LogP contribution is 2.23. The molecule has 0 aliphatic rings. The van der Waals surface area contributed by atoms with Gasteiger partial charge in [-0.15, -0.1) is 21.5 Å². The lowest BCUT2D eigenvalue weighted by Crippen LogP contribution is -2.11. The van der Waals surface area contributed by atoms with Crippen molar-refractivity contribution < 1.29 is 9.53 Å². The highest BCUT2D eigenvalue weighted by atomic mass is 32.1. The van der Waals surface area contributed by atoms with Crippen LogP contribution in [0.1, 0.15) is 35.8 Å². The maximum atomic E-state index is 11.8. The fourth-order valence-corrected chi connectivity index (χ4v) is 3.15. The zero-order valence-electron chi connectivity index (χ0n) is 11.5. The van der Waals surface area contributed by atoms with Crippen molar-refractivity contribution in [1.82, 2.24) is 10.2 Å². The quantitative estimate of drug-likeness (QED) is 0.852. The predicted molar refractivity (Wildman–Crippen MR) is 81.2 cm³/mol. The van der Waals surface area contributed by atoms with E-state index in [0.29, 0.717) is 11.6 Å². The van der Waals surface area contributed by atoms with E-state index in [1.807, 2.05) is 13.0 Å². The maximum Gasteiger partial charge on any atom is 0.226 e. The van der Waals surface area contributed by atoms with Crippen LogP contribution in [0, 0.1) is 0 Å². The van der Waals surface area contributed by atoms with Crippen molar-refractivity contribution in [2.45, 2.75) is 32.3 Å². The second-order valence-electron chi connectivity index (χ2n) is 4.30. The topological polar surface area (TPSA) is 64.1 Å². The minimum absolute atomic E-state index is 0.0191. The first-order valence-electron chi connectivity index (χ1n) is 6.37. The van der Waals surface area contributed by atoms with Gasteiger partial charge in [0.05, 0.1) is 0 Å². The van der Waals surface area contributed by atoms with Crippen LogP contribution in [-0.2, 0) is 16.0 Å². The number of amides is 1. The van der Waals surface area contributed by atoms with E-state index < -0.39 is 0 Å². The zero-order chi connectivity index (χ0) is 14.4. The molecule has 20 heavy (non-hydrogen) atoms. The van der Waals surface area contributed by atoms with Crippen LogP contribution in [0.25, 0.3) is 0 Å². The number of aryl methyl sites for hydroxylation is 1. The van der Waals surface area contributed by atoms with E-state index in [1.165, 1.54) is 16.2 Å². The number of thiophene rings is 1. The summed E-state index contributed by atoms with van der Waals surface area (Å²) in [5.74, 6) is -0.0191. The Morgan fingerprint density at radius 1 is 1.50 bits per heavy atom. The number of carbonyl (C=O) groups excluding carboxylic acids is 1. The largest absolute Gasteiger partial charge is 0.374 e. The normalized spacial score (nSPS) is 12.3. The van der Waals surface area contributed by atoms with Gasteiger partial charge >= 0.3 is 0 Å². The molecule has 108 valence electrons. The van der Waals surface area contributed by atoms with E-state index in [9.17, 15) is 4.79 Å². The molecule has 0 radical (unpaired) electrons. The summed E-state index contributed by atoms with van der Waals surface area (Å²) in [7, 11) is 1.62. The van der Waals surface area contributed by atoms with Gasteiger partial charge in [0.1, 0.15) is 11.1 Å². The molecule has 0 aliphatic carbocycles. The van der Waals surface area contributed by atoms with Gasteiger partial charge in [0, 0.05) is 18.4 Å². The molecule has 2 aromatic rings. The summed E-state index contributed by atoms with van der Waals surface area (Å²) in [6.45, 7) is 1.90. The summed E-state index contributed by atoms with van der Waals surface area (Å²) in [6.07, 6.45) is 2.17. The number of nitrogens with one attached hydrogen (secondary N) is 1. The summed E-state index contributed by atoms with van der Waals surface area (Å²) < 4.78 is 5.16. The van der Waals surface area contributed by atoms with Gasteiger partial charge in [0.25, 0.3) is 0 Å². The molecule has 0 saturated heterocycles. The van der Waals surface area contributed by atoms with Gasteiger partial charge in [-0.3, -0.25) is 4.79 Å². The van der Waals surface area contributed by atoms with Crippen LogP contribution in [0.5, 0.6) is 0 Å². The third-order valence-corrected chi connectivity index (χ3v) is 4.73. The Balaban J connectivity index is 1.75. The van der Waals surface area contributed by atoms with Crippen LogP contribution in [0.4, 0.5) is 5.13 Å². The Kier molecular flexibility index (Phi) is 5.63. The smallest absolute Gasteiger partial charge is 0.226 e. The van der Waals surface area contributed by atoms with Gasteiger partial charge in [-0.2, -0.15) is 0 Å². The van der Waals surface area contributed by atoms with Crippen molar-refractivity contribution in [1.29, 1.82) is 0 Å². The minimum Gasteiger partial charge on any atom is -0.374 e. The van der Waals surface area contributed by atoms with Crippen molar-refractivity contribution in [3.63, 3.8) is 0 Å². The van der Waals surface area contributed by atoms with Gasteiger partial charge in [0.2, 0.25) is 11.0 Å². The molecule has 1 unspecified atom stereocenters. The second kappa shape index (κ2) is 7.47. The Bertz CT molecular complexity index is 540. The fraction of sp³-hybridized carbons (Fsp3) is 0.462. The molecule has 0 fully saturated rings. The van der Waals surface area contributed by atoms with Gasteiger partial charge in [-0.25, -0.2) is 0 Å². The lowest BCUT2D eigenvalue weighted by molar-refractivity contribution is -0.116.